The fraction of sp³-hybridized carbons (Fsp3) is 0.750. The number of rotatable bonds is 5. The molecule has 0 aliphatic carbocycles. The standard InChI is InChI=1S/C8H16N4O/c1-11(2)4-5-12-7-8(3-6-13)9-10-12/h7,13H,3-6H2,1-2H3. The summed E-state index contributed by atoms with van der Waals surface area (Å²) in [5, 5.41) is 16.5. The second kappa shape index (κ2) is 4.94. The van der Waals surface area contributed by atoms with Crippen LogP contribution in [0.2, 0.25) is 0 Å². The molecule has 74 valence electrons. The van der Waals surface area contributed by atoms with Crippen LogP contribution in [0.4, 0.5) is 0 Å². The minimum Gasteiger partial charge on any atom is -0.396 e. The van der Waals surface area contributed by atoms with E-state index in [-0.39, 0.29) is 6.61 Å². The molecule has 0 aliphatic heterocycles. The SMILES string of the molecule is CN(C)CCn1cc(CCO)nn1. The summed E-state index contributed by atoms with van der Waals surface area (Å²) in [6.45, 7) is 1.92. The normalized spacial score (nSPS) is 11.1. The fourth-order valence-corrected chi connectivity index (χ4v) is 0.979. The molecule has 0 amide bonds. The molecule has 0 saturated heterocycles. The Bertz CT molecular complexity index is 246. The molecule has 0 aliphatic rings. The van der Waals surface area contributed by atoms with E-state index in [1.165, 1.54) is 0 Å². The molecule has 1 heterocycles. The number of aromatic nitrogens is 3. The summed E-state index contributed by atoms with van der Waals surface area (Å²) in [4.78, 5) is 2.09. The zero-order chi connectivity index (χ0) is 9.68. The van der Waals surface area contributed by atoms with Gasteiger partial charge in [0.05, 0.1) is 12.2 Å². The quantitative estimate of drug-likeness (QED) is 0.662. The molecule has 0 atom stereocenters. The van der Waals surface area contributed by atoms with Gasteiger partial charge in [-0.2, -0.15) is 0 Å². The summed E-state index contributed by atoms with van der Waals surface area (Å²) < 4.78 is 1.80. The molecule has 13 heavy (non-hydrogen) atoms. The van der Waals surface area contributed by atoms with Crippen LogP contribution in [0.1, 0.15) is 5.69 Å². The van der Waals surface area contributed by atoms with Crippen LogP contribution in [0.15, 0.2) is 6.20 Å². The Hall–Kier alpha value is -0.940. The van der Waals surface area contributed by atoms with Gasteiger partial charge < -0.3 is 10.0 Å². The van der Waals surface area contributed by atoms with Gasteiger partial charge in [0, 0.05) is 25.8 Å². The monoisotopic (exact) mass is 184 g/mol. The molecular weight excluding hydrogens is 168 g/mol. The van der Waals surface area contributed by atoms with Gasteiger partial charge in [0.25, 0.3) is 0 Å². The van der Waals surface area contributed by atoms with Crippen molar-refractivity contribution < 1.29 is 5.11 Å². The first-order valence-corrected chi connectivity index (χ1v) is 4.37. The van der Waals surface area contributed by atoms with Crippen LogP contribution in [-0.4, -0.2) is 52.2 Å². The second-order valence-corrected chi connectivity index (χ2v) is 3.25. The minimum absolute atomic E-state index is 0.131. The molecule has 0 fully saturated rings. The van der Waals surface area contributed by atoms with Crippen LogP contribution >= 0.6 is 0 Å². The largest absolute Gasteiger partial charge is 0.396 e. The predicted molar refractivity (Wildman–Crippen MR) is 49.4 cm³/mol. The summed E-state index contributed by atoms with van der Waals surface area (Å²) in [6.07, 6.45) is 2.46. The Labute approximate surface area is 78.0 Å². The van der Waals surface area contributed by atoms with Gasteiger partial charge in [-0.3, -0.25) is 4.68 Å². The van der Waals surface area contributed by atoms with Crippen molar-refractivity contribution in [3.63, 3.8) is 0 Å². The predicted octanol–water partition coefficient (Wildman–Crippen LogP) is -0.626. The summed E-state index contributed by atoms with van der Waals surface area (Å²) in [7, 11) is 4.04. The van der Waals surface area contributed by atoms with Crippen molar-refractivity contribution in [2.45, 2.75) is 13.0 Å². The van der Waals surface area contributed by atoms with Gasteiger partial charge in [0.15, 0.2) is 0 Å². The van der Waals surface area contributed by atoms with Crippen molar-refractivity contribution in [2.24, 2.45) is 0 Å². The van der Waals surface area contributed by atoms with E-state index in [0.717, 1.165) is 18.8 Å². The highest BCUT2D eigenvalue weighted by atomic mass is 16.3. The molecule has 0 saturated carbocycles. The zero-order valence-electron chi connectivity index (χ0n) is 8.14. The molecule has 1 N–H and O–H groups in total. The maximum Gasteiger partial charge on any atom is 0.0849 e. The van der Waals surface area contributed by atoms with Gasteiger partial charge in [-0.15, -0.1) is 5.10 Å². The topological polar surface area (TPSA) is 54.2 Å². The molecule has 1 rings (SSSR count). The molecule has 0 bridgehead atoms. The molecule has 0 aromatic carbocycles. The number of nitrogens with zero attached hydrogens (tertiary/aromatic N) is 4. The summed E-state index contributed by atoms with van der Waals surface area (Å²) >= 11 is 0. The van der Waals surface area contributed by atoms with Gasteiger partial charge in [-0.1, -0.05) is 5.21 Å². The van der Waals surface area contributed by atoms with E-state index in [1.54, 1.807) is 4.68 Å². The van der Waals surface area contributed by atoms with E-state index in [0.29, 0.717) is 6.42 Å². The van der Waals surface area contributed by atoms with Crippen molar-refractivity contribution in [2.75, 3.05) is 27.2 Å². The van der Waals surface area contributed by atoms with E-state index in [9.17, 15) is 0 Å². The number of hydrogen-bond donors (Lipinski definition) is 1. The number of aliphatic hydroxyl groups excluding tert-OH is 1. The minimum atomic E-state index is 0.131. The highest BCUT2D eigenvalue weighted by Gasteiger charge is 1.99. The zero-order valence-corrected chi connectivity index (χ0v) is 8.14. The maximum absolute atomic E-state index is 8.66. The Morgan fingerprint density at radius 1 is 1.54 bits per heavy atom. The number of hydrogen-bond acceptors (Lipinski definition) is 4. The first-order chi connectivity index (χ1) is 6.22. The molecule has 0 radical (unpaired) electrons. The molecule has 0 unspecified atom stereocenters. The van der Waals surface area contributed by atoms with Gasteiger partial charge in [0.1, 0.15) is 0 Å². The highest BCUT2D eigenvalue weighted by molar-refractivity contribution is 4.91. The van der Waals surface area contributed by atoms with Crippen LogP contribution in [0.5, 0.6) is 0 Å². The van der Waals surface area contributed by atoms with E-state index in [1.807, 2.05) is 20.3 Å². The number of likely N-dealkylation sites (N-methyl/N-ethyl adjacent to an activating group) is 1. The number of aliphatic hydroxyl groups is 1. The van der Waals surface area contributed by atoms with E-state index in [2.05, 4.69) is 15.2 Å². The third kappa shape index (κ3) is 3.52. The van der Waals surface area contributed by atoms with Crippen molar-refractivity contribution in [3.05, 3.63) is 11.9 Å². The summed E-state index contributed by atoms with van der Waals surface area (Å²) in [5.74, 6) is 0. The van der Waals surface area contributed by atoms with E-state index in [4.69, 9.17) is 5.11 Å². The third-order valence-electron chi connectivity index (χ3n) is 1.73. The first-order valence-electron chi connectivity index (χ1n) is 4.37. The Morgan fingerprint density at radius 2 is 2.31 bits per heavy atom. The van der Waals surface area contributed by atoms with Crippen molar-refractivity contribution in [1.82, 2.24) is 19.9 Å². The van der Waals surface area contributed by atoms with Crippen LogP contribution in [0.3, 0.4) is 0 Å². The molecule has 5 heteroatoms. The third-order valence-corrected chi connectivity index (χ3v) is 1.73. The van der Waals surface area contributed by atoms with Gasteiger partial charge in [-0.25, -0.2) is 0 Å². The van der Waals surface area contributed by atoms with Gasteiger partial charge in [0.2, 0.25) is 0 Å². The van der Waals surface area contributed by atoms with E-state index >= 15 is 0 Å². The lowest BCUT2D eigenvalue weighted by molar-refractivity contribution is 0.298. The summed E-state index contributed by atoms with van der Waals surface area (Å²) in [5.41, 5.74) is 0.848. The molecule has 5 nitrogen and oxygen atoms in total. The molecule has 1 aromatic heterocycles. The van der Waals surface area contributed by atoms with Gasteiger partial charge >= 0.3 is 0 Å². The Kier molecular flexibility index (Phi) is 3.85. The first kappa shape index (κ1) is 10.1. The van der Waals surface area contributed by atoms with Crippen LogP contribution < -0.4 is 0 Å². The average molecular weight is 184 g/mol. The second-order valence-electron chi connectivity index (χ2n) is 3.25. The van der Waals surface area contributed by atoms with Gasteiger partial charge in [-0.05, 0) is 14.1 Å². The average Bonchev–Trinajstić information content (AvgIpc) is 2.50. The van der Waals surface area contributed by atoms with E-state index < -0.39 is 0 Å². The fourth-order valence-electron chi connectivity index (χ4n) is 0.979. The van der Waals surface area contributed by atoms with Crippen molar-refractivity contribution in [3.8, 4) is 0 Å². The Morgan fingerprint density at radius 3 is 2.92 bits per heavy atom. The molecule has 1 aromatic rings. The maximum atomic E-state index is 8.66. The van der Waals surface area contributed by atoms with Crippen molar-refractivity contribution in [1.29, 1.82) is 0 Å². The summed E-state index contributed by atoms with van der Waals surface area (Å²) in [6, 6.07) is 0. The lowest BCUT2D eigenvalue weighted by Crippen LogP contribution is -2.18. The smallest absolute Gasteiger partial charge is 0.0849 e. The lowest BCUT2D eigenvalue weighted by Gasteiger charge is -2.07. The van der Waals surface area contributed by atoms with Crippen LogP contribution in [-0.2, 0) is 13.0 Å². The lowest BCUT2D eigenvalue weighted by atomic mass is 10.3. The molecule has 0 spiro atoms. The van der Waals surface area contributed by atoms with Crippen LogP contribution in [0, 0.1) is 0 Å². The van der Waals surface area contributed by atoms with Crippen molar-refractivity contribution >= 4 is 0 Å². The van der Waals surface area contributed by atoms with Crippen LogP contribution in [0.25, 0.3) is 0 Å². The Balaban J connectivity index is 2.39. The molecular formula is C8H16N4O. The highest BCUT2D eigenvalue weighted by Crippen LogP contribution is 1.93.